The average molecular weight is 280 g/mol. The Hall–Kier alpha value is -0.380. The molecule has 1 fully saturated rings. The molecule has 1 aromatic heterocycles. The van der Waals surface area contributed by atoms with Crippen molar-refractivity contribution in [2.24, 2.45) is 17.6 Å². The van der Waals surface area contributed by atoms with Gasteiger partial charge in [-0.1, -0.05) is 19.9 Å². The molecule has 0 radical (unpaired) electrons. The lowest BCUT2D eigenvalue weighted by Gasteiger charge is -2.48. The van der Waals surface area contributed by atoms with Crippen LogP contribution in [0, 0.1) is 11.8 Å². The molecule has 0 aromatic carbocycles. The molecule has 2 nitrogen and oxygen atoms in total. The summed E-state index contributed by atoms with van der Waals surface area (Å²) in [6.45, 7) is 6.68. The lowest BCUT2D eigenvalue weighted by atomic mass is 9.71. The van der Waals surface area contributed by atoms with Crippen LogP contribution in [0.4, 0.5) is 0 Å². The minimum atomic E-state index is 0.230. The van der Waals surface area contributed by atoms with Crippen molar-refractivity contribution in [1.82, 2.24) is 4.90 Å². The summed E-state index contributed by atoms with van der Waals surface area (Å²) in [5.41, 5.74) is 6.40. The van der Waals surface area contributed by atoms with Crippen molar-refractivity contribution in [3.8, 4) is 0 Å². The number of hydrogen-bond acceptors (Lipinski definition) is 3. The normalized spacial score (nSPS) is 31.8. The highest BCUT2D eigenvalue weighted by atomic mass is 32.1. The van der Waals surface area contributed by atoms with Crippen molar-refractivity contribution in [3.05, 3.63) is 22.4 Å². The Morgan fingerprint density at radius 2 is 2.05 bits per heavy atom. The van der Waals surface area contributed by atoms with E-state index in [1.807, 2.05) is 11.3 Å². The van der Waals surface area contributed by atoms with E-state index >= 15 is 0 Å². The van der Waals surface area contributed by atoms with Crippen molar-refractivity contribution in [2.45, 2.75) is 45.1 Å². The zero-order valence-corrected chi connectivity index (χ0v) is 13.4. The van der Waals surface area contributed by atoms with E-state index in [4.69, 9.17) is 5.73 Å². The van der Waals surface area contributed by atoms with Gasteiger partial charge in [0.05, 0.1) is 0 Å². The zero-order chi connectivity index (χ0) is 13.9. The standard InChI is InChI=1S/C16H28N2S/c1-13-9-14(2)11-16(10-13,12-17)18(3)7-6-15-5-4-8-19-15/h4-5,8,13-14H,6-7,9-12,17H2,1-3H3. The van der Waals surface area contributed by atoms with Gasteiger partial charge in [-0.2, -0.15) is 0 Å². The van der Waals surface area contributed by atoms with Crippen LogP contribution < -0.4 is 5.73 Å². The second-order valence-corrected chi connectivity index (χ2v) is 7.57. The van der Waals surface area contributed by atoms with Crippen LogP contribution in [0.2, 0.25) is 0 Å². The number of thiophene rings is 1. The maximum absolute atomic E-state index is 6.17. The molecular weight excluding hydrogens is 252 g/mol. The van der Waals surface area contributed by atoms with Gasteiger partial charge in [0, 0.05) is 23.5 Å². The average Bonchev–Trinajstić information content (AvgIpc) is 2.87. The summed E-state index contributed by atoms with van der Waals surface area (Å²) in [6, 6.07) is 4.38. The van der Waals surface area contributed by atoms with Gasteiger partial charge in [-0.3, -0.25) is 4.90 Å². The summed E-state index contributed by atoms with van der Waals surface area (Å²) < 4.78 is 0. The fourth-order valence-corrected chi connectivity index (χ4v) is 4.54. The molecule has 1 aliphatic rings. The van der Waals surface area contributed by atoms with E-state index in [1.165, 1.54) is 24.1 Å². The van der Waals surface area contributed by atoms with E-state index in [0.29, 0.717) is 0 Å². The van der Waals surface area contributed by atoms with Gasteiger partial charge < -0.3 is 5.73 Å². The molecule has 2 rings (SSSR count). The summed E-state index contributed by atoms with van der Waals surface area (Å²) in [5.74, 6) is 1.60. The highest BCUT2D eigenvalue weighted by Crippen LogP contribution is 2.38. The highest BCUT2D eigenvalue weighted by molar-refractivity contribution is 7.09. The third-order valence-electron chi connectivity index (χ3n) is 4.73. The smallest absolute Gasteiger partial charge is 0.0333 e. The number of nitrogens with two attached hydrogens (primary N) is 1. The van der Waals surface area contributed by atoms with E-state index in [1.54, 1.807) is 0 Å². The first-order valence-corrected chi connectivity index (χ1v) is 8.37. The molecule has 1 aliphatic carbocycles. The second kappa shape index (κ2) is 6.38. The lowest BCUT2D eigenvalue weighted by molar-refractivity contribution is 0.0398. The van der Waals surface area contributed by atoms with Gasteiger partial charge in [0.25, 0.3) is 0 Å². The van der Waals surface area contributed by atoms with Crippen molar-refractivity contribution in [1.29, 1.82) is 0 Å². The Bertz CT molecular complexity index is 364. The van der Waals surface area contributed by atoms with Gasteiger partial charge in [-0.25, -0.2) is 0 Å². The highest BCUT2D eigenvalue weighted by Gasteiger charge is 2.39. The Balaban J connectivity index is 1.99. The van der Waals surface area contributed by atoms with Crippen molar-refractivity contribution < 1.29 is 0 Å². The van der Waals surface area contributed by atoms with Crippen LogP contribution in [0.1, 0.15) is 38.0 Å². The van der Waals surface area contributed by atoms with Gasteiger partial charge >= 0.3 is 0 Å². The molecule has 19 heavy (non-hydrogen) atoms. The van der Waals surface area contributed by atoms with E-state index in [9.17, 15) is 0 Å². The third-order valence-corrected chi connectivity index (χ3v) is 5.66. The Morgan fingerprint density at radius 1 is 1.37 bits per heavy atom. The summed E-state index contributed by atoms with van der Waals surface area (Å²) in [4.78, 5) is 4.02. The topological polar surface area (TPSA) is 29.3 Å². The molecule has 1 aromatic rings. The molecule has 1 heterocycles. The maximum atomic E-state index is 6.17. The van der Waals surface area contributed by atoms with E-state index in [2.05, 4.69) is 43.3 Å². The number of hydrogen-bond donors (Lipinski definition) is 1. The van der Waals surface area contributed by atoms with E-state index in [0.717, 1.165) is 31.3 Å². The molecule has 0 saturated heterocycles. The van der Waals surface area contributed by atoms with Crippen LogP contribution in [-0.4, -0.2) is 30.6 Å². The summed E-state index contributed by atoms with van der Waals surface area (Å²) in [7, 11) is 2.27. The first-order valence-electron chi connectivity index (χ1n) is 7.49. The van der Waals surface area contributed by atoms with Crippen molar-refractivity contribution >= 4 is 11.3 Å². The Morgan fingerprint density at radius 3 is 2.58 bits per heavy atom. The molecule has 1 saturated carbocycles. The molecular formula is C16H28N2S. The predicted molar refractivity (Wildman–Crippen MR) is 84.6 cm³/mol. The predicted octanol–water partition coefficient (Wildman–Crippen LogP) is 3.38. The quantitative estimate of drug-likeness (QED) is 0.896. The fourth-order valence-electron chi connectivity index (χ4n) is 3.84. The minimum Gasteiger partial charge on any atom is -0.329 e. The minimum absolute atomic E-state index is 0.230. The number of nitrogens with zero attached hydrogens (tertiary/aromatic N) is 1. The molecule has 108 valence electrons. The molecule has 2 N–H and O–H groups in total. The van der Waals surface area contributed by atoms with Crippen LogP contribution in [0.25, 0.3) is 0 Å². The van der Waals surface area contributed by atoms with Crippen LogP contribution in [0.3, 0.4) is 0 Å². The maximum Gasteiger partial charge on any atom is 0.0333 e. The van der Waals surface area contributed by atoms with Crippen molar-refractivity contribution in [2.75, 3.05) is 20.1 Å². The van der Waals surface area contributed by atoms with Crippen LogP contribution >= 0.6 is 11.3 Å². The Kier molecular flexibility index (Phi) is 5.04. The SMILES string of the molecule is CC1CC(C)CC(CN)(N(C)CCc2cccs2)C1. The third kappa shape index (κ3) is 3.59. The largest absolute Gasteiger partial charge is 0.329 e. The summed E-state index contributed by atoms with van der Waals surface area (Å²) >= 11 is 1.86. The molecule has 0 bridgehead atoms. The molecule has 3 heteroatoms. The number of rotatable bonds is 5. The van der Waals surface area contributed by atoms with Gasteiger partial charge in [-0.15, -0.1) is 11.3 Å². The van der Waals surface area contributed by atoms with Crippen LogP contribution in [0.15, 0.2) is 17.5 Å². The van der Waals surface area contributed by atoms with Gasteiger partial charge in [0.1, 0.15) is 0 Å². The molecule has 0 amide bonds. The van der Waals surface area contributed by atoms with Crippen LogP contribution in [0.5, 0.6) is 0 Å². The first-order chi connectivity index (χ1) is 9.05. The van der Waals surface area contributed by atoms with Crippen molar-refractivity contribution in [3.63, 3.8) is 0 Å². The molecule has 2 unspecified atom stereocenters. The first kappa shape index (κ1) is 15.0. The van der Waals surface area contributed by atoms with E-state index < -0.39 is 0 Å². The second-order valence-electron chi connectivity index (χ2n) is 6.53. The molecule has 0 aliphatic heterocycles. The van der Waals surface area contributed by atoms with E-state index in [-0.39, 0.29) is 5.54 Å². The molecule has 0 spiro atoms. The van der Waals surface area contributed by atoms with Crippen LogP contribution in [-0.2, 0) is 6.42 Å². The Labute approximate surface area is 122 Å². The fraction of sp³-hybridized carbons (Fsp3) is 0.750. The van der Waals surface area contributed by atoms with Gasteiger partial charge in [-0.05, 0) is 56.0 Å². The zero-order valence-electron chi connectivity index (χ0n) is 12.6. The monoisotopic (exact) mass is 280 g/mol. The number of likely N-dealkylation sites (N-methyl/N-ethyl adjacent to an activating group) is 1. The summed E-state index contributed by atoms with van der Waals surface area (Å²) in [5, 5.41) is 2.17. The lowest BCUT2D eigenvalue weighted by Crippen LogP contribution is -2.56. The van der Waals surface area contributed by atoms with Gasteiger partial charge in [0.15, 0.2) is 0 Å². The van der Waals surface area contributed by atoms with Gasteiger partial charge in [0.2, 0.25) is 0 Å². The molecule has 2 atom stereocenters. The summed E-state index contributed by atoms with van der Waals surface area (Å²) in [6.07, 6.45) is 5.03.